The number of nitrogens with one attached hydrogen (secondary N) is 1. The number of rotatable bonds is 3. The molecule has 108 valence electrons. The summed E-state index contributed by atoms with van der Waals surface area (Å²) in [6.45, 7) is 4.16. The lowest BCUT2D eigenvalue weighted by Gasteiger charge is -2.26. The summed E-state index contributed by atoms with van der Waals surface area (Å²) in [5.41, 5.74) is 0.390. The van der Waals surface area contributed by atoms with Gasteiger partial charge in [0.15, 0.2) is 11.5 Å². The molecular formula is C16H21NO3. The molecule has 0 radical (unpaired) electrons. The highest BCUT2D eigenvalue weighted by molar-refractivity contribution is 5.87. The predicted octanol–water partition coefficient (Wildman–Crippen LogP) is 2.75. The summed E-state index contributed by atoms with van der Waals surface area (Å²) >= 11 is 0. The van der Waals surface area contributed by atoms with Gasteiger partial charge in [-0.15, -0.1) is 0 Å². The molecule has 1 saturated carbocycles. The zero-order chi connectivity index (χ0) is 14.2. The van der Waals surface area contributed by atoms with Gasteiger partial charge in [-0.05, 0) is 44.4 Å². The third kappa shape index (κ3) is 2.35. The van der Waals surface area contributed by atoms with E-state index in [1.165, 1.54) is 12.8 Å². The molecule has 1 heterocycles. The first-order valence-corrected chi connectivity index (χ1v) is 7.28. The molecule has 2 aliphatic rings. The van der Waals surface area contributed by atoms with Crippen LogP contribution >= 0.6 is 0 Å². The summed E-state index contributed by atoms with van der Waals surface area (Å²) < 4.78 is 10.7. The maximum absolute atomic E-state index is 12.5. The van der Waals surface area contributed by atoms with Crippen LogP contribution in [-0.4, -0.2) is 18.7 Å². The van der Waals surface area contributed by atoms with Crippen molar-refractivity contribution in [3.05, 3.63) is 23.8 Å². The second kappa shape index (κ2) is 5.00. The molecule has 20 heavy (non-hydrogen) atoms. The van der Waals surface area contributed by atoms with E-state index in [1.54, 1.807) is 0 Å². The first-order chi connectivity index (χ1) is 9.57. The molecule has 1 aromatic rings. The van der Waals surface area contributed by atoms with Crippen LogP contribution in [0.4, 0.5) is 0 Å². The van der Waals surface area contributed by atoms with Crippen molar-refractivity contribution in [3.8, 4) is 11.5 Å². The van der Waals surface area contributed by atoms with Gasteiger partial charge >= 0.3 is 0 Å². The number of carbonyl (C=O) groups is 1. The minimum absolute atomic E-state index is 0.0864. The quantitative estimate of drug-likeness (QED) is 0.922. The van der Waals surface area contributed by atoms with E-state index in [2.05, 4.69) is 5.32 Å². The molecule has 4 heteroatoms. The van der Waals surface area contributed by atoms with Gasteiger partial charge in [0, 0.05) is 6.04 Å². The van der Waals surface area contributed by atoms with Crippen LogP contribution < -0.4 is 14.8 Å². The fourth-order valence-corrected chi connectivity index (χ4v) is 2.85. The topological polar surface area (TPSA) is 47.6 Å². The van der Waals surface area contributed by atoms with Crippen molar-refractivity contribution in [3.63, 3.8) is 0 Å². The van der Waals surface area contributed by atoms with Crippen LogP contribution in [0.25, 0.3) is 0 Å². The Morgan fingerprint density at radius 2 is 1.90 bits per heavy atom. The van der Waals surface area contributed by atoms with E-state index in [0.717, 1.165) is 29.9 Å². The van der Waals surface area contributed by atoms with Crippen molar-refractivity contribution in [2.75, 3.05) is 6.79 Å². The van der Waals surface area contributed by atoms with Gasteiger partial charge in [-0.2, -0.15) is 0 Å². The molecule has 1 amide bonds. The molecule has 4 nitrogen and oxygen atoms in total. The van der Waals surface area contributed by atoms with Crippen molar-refractivity contribution in [1.82, 2.24) is 5.32 Å². The van der Waals surface area contributed by atoms with Crippen LogP contribution in [0.15, 0.2) is 18.2 Å². The average molecular weight is 275 g/mol. The summed E-state index contributed by atoms with van der Waals surface area (Å²) in [6.07, 6.45) is 4.64. The second-order valence-electron chi connectivity index (χ2n) is 6.15. The minimum Gasteiger partial charge on any atom is -0.454 e. The Bertz CT molecular complexity index is 518. The van der Waals surface area contributed by atoms with Crippen LogP contribution in [-0.2, 0) is 10.2 Å². The zero-order valence-electron chi connectivity index (χ0n) is 12.1. The van der Waals surface area contributed by atoms with Gasteiger partial charge in [0.25, 0.3) is 0 Å². The molecule has 1 aliphatic heterocycles. The van der Waals surface area contributed by atoms with E-state index in [1.807, 2.05) is 32.0 Å². The Morgan fingerprint density at radius 1 is 1.20 bits per heavy atom. The van der Waals surface area contributed by atoms with Crippen LogP contribution in [0, 0.1) is 0 Å². The second-order valence-corrected chi connectivity index (χ2v) is 6.15. The molecule has 1 aliphatic carbocycles. The maximum atomic E-state index is 12.5. The van der Waals surface area contributed by atoms with Crippen molar-refractivity contribution < 1.29 is 14.3 Å². The van der Waals surface area contributed by atoms with E-state index in [4.69, 9.17) is 9.47 Å². The van der Waals surface area contributed by atoms with Crippen LogP contribution in [0.3, 0.4) is 0 Å². The first-order valence-electron chi connectivity index (χ1n) is 7.28. The van der Waals surface area contributed by atoms with Crippen LogP contribution in [0.1, 0.15) is 45.1 Å². The molecule has 0 aromatic heterocycles. The van der Waals surface area contributed by atoms with Gasteiger partial charge in [0.05, 0.1) is 5.41 Å². The lowest BCUT2D eigenvalue weighted by Crippen LogP contribution is -2.44. The number of carbonyl (C=O) groups excluding carboxylic acids is 1. The molecule has 0 saturated heterocycles. The smallest absolute Gasteiger partial charge is 0.231 e. The largest absolute Gasteiger partial charge is 0.454 e. The number of hydrogen-bond donors (Lipinski definition) is 1. The third-order valence-corrected chi connectivity index (χ3v) is 4.35. The summed E-state index contributed by atoms with van der Waals surface area (Å²) in [6, 6.07) is 6.08. The Kier molecular flexibility index (Phi) is 3.32. The average Bonchev–Trinajstić information content (AvgIpc) is 3.07. The van der Waals surface area contributed by atoms with Crippen molar-refractivity contribution in [2.45, 2.75) is 51.0 Å². The first kappa shape index (κ1) is 13.3. The molecule has 1 fully saturated rings. The maximum Gasteiger partial charge on any atom is 0.231 e. The van der Waals surface area contributed by atoms with Gasteiger partial charge in [0.1, 0.15) is 0 Å². The van der Waals surface area contributed by atoms with Gasteiger partial charge in [-0.3, -0.25) is 4.79 Å². The number of hydrogen-bond acceptors (Lipinski definition) is 3. The number of fused-ring (bicyclic) bond motifs is 1. The Labute approximate surface area is 119 Å². The van der Waals surface area contributed by atoms with Crippen molar-refractivity contribution >= 4 is 5.91 Å². The molecule has 0 unspecified atom stereocenters. The van der Waals surface area contributed by atoms with Crippen LogP contribution in [0.2, 0.25) is 0 Å². The Balaban J connectivity index is 1.77. The zero-order valence-corrected chi connectivity index (χ0v) is 12.1. The highest BCUT2D eigenvalue weighted by Crippen LogP contribution is 2.36. The lowest BCUT2D eigenvalue weighted by molar-refractivity contribution is -0.126. The fraction of sp³-hybridized carbons (Fsp3) is 0.562. The third-order valence-electron chi connectivity index (χ3n) is 4.35. The Morgan fingerprint density at radius 3 is 2.65 bits per heavy atom. The molecule has 0 atom stereocenters. The van der Waals surface area contributed by atoms with E-state index < -0.39 is 5.41 Å². The van der Waals surface area contributed by atoms with Crippen molar-refractivity contribution in [2.24, 2.45) is 0 Å². The summed E-state index contributed by atoms with van der Waals surface area (Å²) in [5, 5.41) is 3.17. The highest BCUT2D eigenvalue weighted by Gasteiger charge is 2.33. The van der Waals surface area contributed by atoms with Gasteiger partial charge in [-0.1, -0.05) is 18.9 Å². The fourth-order valence-electron chi connectivity index (χ4n) is 2.85. The molecule has 1 N–H and O–H groups in total. The SMILES string of the molecule is CC(C)(C(=O)NC1CCCC1)c1ccc2c(c1)OCO2. The standard InChI is InChI=1S/C16H21NO3/c1-16(2,15(18)17-12-5-3-4-6-12)11-7-8-13-14(9-11)20-10-19-13/h7-9,12H,3-6,10H2,1-2H3,(H,17,18). The lowest BCUT2D eigenvalue weighted by atomic mass is 9.83. The Hall–Kier alpha value is -1.71. The molecule has 1 aromatic carbocycles. The van der Waals surface area contributed by atoms with Gasteiger partial charge < -0.3 is 14.8 Å². The van der Waals surface area contributed by atoms with E-state index in [-0.39, 0.29) is 12.7 Å². The van der Waals surface area contributed by atoms with E-state index in [9.17, 15) is 4.79 Å². The number of benzene rings is 1. The molecule has 3 rings (SSSR count). The predicted molar refractivity (Wildman–Crippen MR) is 76.0 cm³/mol. The molecule has 0 spiro atoms. The van der Waals surface area contributed by atoms with Gasteiger partial charge in [0.2, 0.25) is 12.7 Å². The van der Waals surface area contributed by atoms with Crippen LogP contribution in [0.5, 0.6) is 11.5 Å². The number of amides is 1. The summed E-state index contributed by atoms with van der Waals surface area (Å²) in [5.74, 6) is 1.56. The molecule has 0 bridgehead atoms. The number of ether oxygens (including phenoxy) is 2. The minimum atomic E-state index is -0.566. The van der Waals surface area contributed by atoms with E-state index in [0.29, 0.717) is 6.04 Å². The summed E-state index contributed by atoms with van der Waals surface area (Å²) in [7, 11) is 0. The van der Waals surface area contributed by atoms with Gasteiger partial charge in [-0.25, -0.2) is 0 Å². The summed E-state index contributed by atoms with van der Waals surface area (Å²) in [4.78, 5) is 12.5. The van der Waals surface area contributed by atoms with Crippen molar-refractivity contribution in [1.29, 1.82) is 0 Å². The highest BCUT2D eigenvalue weighted by atomic mass is 16.7. The normalized spacial score (nSPS) is 18.3. The van der Waals surface area contributed by atoms with E-state index >= 15 is 0 Å². The molecular weight excluding hydrogens is 254 g/mol. The monoisotopic (exact) mass is 275 g/mol.